The van der Waals surface area contributed by atoms with E-state index in [1.54, 1.807) is 14.0 Å². The van der Waals surface area contributed by atoms with Crippen molar-refractivity contribution in [2.45, 2.75) is 19.5 Å². The number of carbonyl (C=O) groups excluding carboxylic acids is 1. The van der Waals surface area contributed by atoms with Crippen LogP contribution in [0.2, 0.25) is 0 Å². The molecule has 0 radical (unpaired) electrons. The molecule has 1 aromatic carbocycles. The van der Waals surface area contributed by atoms with Gasteiger partial charge in [0.05, 0.1) is 18.6 Å². The third-order valence-corrected chi connectivity index (χ3v) is 3.76. The second kappa shape index (κ2) is 5.46. The summed E-state index contributed by atoms with van der Waals surface area (Å²) < 4.78 is 31.3. The van der Waals surface area contributed by atoms with Crippen molar-refractivity contribution in [1.29, 1.82) is 0 Å². The predicted molar refractivity (Wildman–Crippen MR) is 69.7 cm³/mol. The van der Waals surface area contributed by atoms with E-state index < -0.39 is 17.0 Å². The molecule has 1 aromatic rings. The molecule has 2 atom stereocenters. The largest absolute Gasteiger partial charge is 0.379 e. The summed E-state index contributed by atoms with van der Waals surface area (Å²) >= 11 is 0. The van der Waals surface area contributed by atoms with Crippen molar-refractivity contribution in [3.63, 3.8) is 0 Å². The number of halogens is 2. The van der Waals surface area contributed by atoms with Crippen LogP contribution in [0.15, 0.2) is 18.2 Å². The summed E-state index contributed by atoms with van der Waals surface area (Å²) in [7, 11) is 1.61. The van der Waals surface area contributed by atoms with Gasteiger partial charge in [-0.2, -0.15) is 0 Å². The minimum absolute atomic E-state index is 0.160. The molecule has 0 aromatic heterocycles. The van der Waals surface area contributed by atoms with E-state index in [1.807, 2.05) is 0 Å². The standard InChI is InChI=1S/C14H18F2N2O2/c1-14(8-20-7-12(14)17)13(19)18(2)6-9-3-4-10(15)11(16)5-9/h3-5,12H,6-8,17H2,1-2H3. The zero-order valence-electron chi connectivity index (χ0n) is 11.5. The molecule has 1 fully saturated rings. The number of nitrogens with zero attached hydrogens (tertiary/aromatic N) is 1. The summed E-state index contributed by atoms with van der Waals surface area (Å²) in [6.45, 7) is 2.57. The summed E-state index contributed by atoms with van der Waals surface area (Å²) in [4.78, 5) is 13.9. The van der Waals surface area contributed by atoms with Gasteiger partial charge in [0.1, 0.15) is 0 Å². The van der Waals surface area contributed by atoms with E-state index in [9.17, 15) is 13.6 Å². The van der Waals surface area contributed by atoms with Gasteiger partial charge >= 0.3 is 0 Å². The molecular weight excluding hydrogens is 266 g/mol. The number of amides is 1. The van der Waals surface area contributed by atoms with E-state index in [0.29, 0.717) is 12.2 Å². The van der Waals surface area contributed by atoms with E-state index in [2.05, 4.69) is 0 Å². The first-order chi connectivity index (χ1) is 9.34. The Balaban J connectivity index is 2.09. The Morgan fingerprint density at radius 1 is 1.50 bits per heavy atom. The highest BCUT2D eigenvalue weighted by molar-refractivity contribution is 5.83. The molecule has 0 spiro atoms. The van der Waals surface area contributed by atoms with E-state index in [1.165, 1.54) is 11.0 Å². The first kappa shape index (κ1) is 14.9. The molecule has 110 valence electrons. The third-order valence-electron chi connectivity index (χ3n) is 3.76. The fourth-order valence-corrected chi connectivity index (χ4v) is 2.33. The van der Waals surface area contributed by atoms with E-state index in [0.717, 1.165) is 12.1 Å². The van der Waals surface area contributed by atoms with Crippen LogP contribution in [0.5, 0.6) is 0 Å². The molecule has 4 nitrogen and oxygen atoms in total. The number of hydrogen-bond acceptors (Lipinski definition) is 3. The van der Waals surface area contributed by atoms with Crippen LogP contribution in [0.4, 0.5) is 8.78 Å². The Labute approximate surface area is 116 Å². The van der Waals surface area contributed by atoms with Gasteiger partial charge in [0.2, 0.25) is 5.91 Å². The van der Waals surface area contributed by atoms with E-state index in [4.69, 9.17) is 10.5 Å². The van der Waals surface area contributed by atoms with Gasteiger partial charge in [-0.1, -0.05) is 6.07 Å². The molecule has 6 heteroatoms. The third kappa shape index (κ3) is 2.66. The van der Waals surface area contributed by atoms with Crippen molar-refractivity contribution < 1.29 is 18.3 Å². The van der Waals surface area contributed by atoms with Crippen LogP contribution in [0, 0.1) is 17.0 Å². The van der Waals surface area contributed by atoms with E-state index >= 15 is 0 Å². The zero-order chi connectivity index (χ0) is 14.9. The van der Waals surface area contributed by atoms with Gasteiger partial charge in [0.15, 0.2) is 11.6 Å². The summed E-state index contributed by atoms with van der Waals surface area (Å²) in [5, 5.41) is 0. The molecular formula is C14H18F2N2O2. The van der Waals surface area contributed by atoms with Crippen molar-refractivity contribution in [1.82, 2.24) is 4.90 Å². The smallest absolute Gasteiger partial charge is 0.232 e. The molecule has 1 heterocycles. The van der Waals surface area contributed by atoms with Gasteiger partial charge < -0.3 is 15.4 Å². The average Bonchev–Trinajstić information content (AvgIpc) is 2.74. The maximum atomic E-state index is 13.2. The molecule has 2 rings (SSSR count). The Hall–Kier alpha value is -1.53. The van der Waals surface area contributed by atoms with Crippen molar-refractivity contribution in [3.8, 4) is 0 Å². The highest BCUT2D eigenvalue weighted by Crippen LogP contribution is 2.29. The van der Waals surface area contributed by atoms with Crippen molar-refractivity contribution in [3.05, 3.63) is 35.4 Å². The first-order valence-corrected chi connectivity index (χ1v) is 6.37. The SMILES string of the molecule is CN(Cc1ccc(F)c(F)c1)C(=O)C1(C)COCC1N. The number of ether oxygens (including phenoxy) is 1. The molecule has 1 amide bonds. The Kier molecular flexibility index (Phi) is 4.06. The highest BCUT2D eigenvalue weighted by atomic mass is 19.2. The summed E-state index contributed by atoms with van der Waals surface area (Å²) in [5.41, 5.74) is 5.66. The van der Waals surface area contributed by atoms with Crippen LogP contribution in [0.1, 0.15) is 12.5 Å². The fraction of sp³-hybridized carbons (Fsp3) is 0.500. The number of carbonyl (C=O) groups is 1. The zero-order valence-corrected chi connectivity index (χ0v) is 11.5. The Morgan fingerprint density at radius 2 is 2.20 bits per heavy atom. The van der Waals surface area contributed by atoms with Crippen molar-refractivity contribution in [2.75, 3.05) is 20.3 Å². The molecule has 1 saturated heterocycles. The lowest BCUT2D eigenvalue weighted by Gasteiger charge is -2.30. The fourth-order valence-electron chi connectivity index (χ4n) is 2.33. The first-order valence-electron chi connectivity index (χ1n) is 6.37. The van der Waals surface area contributed by atoms with E-state index in [-0.39, 0.29) is 25.1 Å². The minimum atomic E-state index is -0.921. The lowest BCUT2D eigenvalue weighted by atomic mass is 9.84. The Bertz CT molecular complexity index is 524. The molecule has 1 aliphatic rings. The van der Waals surface area contributed by atoms with Gasteiger partial charge in [-0.15, -0.1) is 0 Å². The number of benzene rings is 1. The molecule has 1 aliphatic heterocycles. The predicted octanol–water partition coefficient (Wildman–Crippen LogP) is 1.29. The summed E-state index contributed by atoms with van der Waals surface area (Å²) in [6, 6.07) is 3.24. The quantitative estimate of drug-likeness (QED) is 0.910. The van der Waals surface area contributed by atoms with Crippen LogP contribution in [0.25, 0.3) is 0 Å². The van der Waals surface area contributed by atoms with Gasteiger partial charge in [-0.05, 0) is 24.6 Å². The number of rotatable bonds is 3. The second-order valence-electron chi connectivity index (χ2n) is 5.45. The van der Waals surface area contributed by atoms with Crippen LogP contribution in [-0.2, 0) is 16.1 Å². The highest BCUT2D eigenvalue weighted by Gasteiger charge is 2.45. The van der Waals surface area contributed by atoms with Gasteiger partial charge in [-0.25, -0.2) is 8.78 Å². The van der Waals surface area contributed by atoms with Gasteiger partial charge in [0.25, 0.3) is 0 Å². The normalized spacial score (nSPS) is 25.8. The van der Waals surface area contributed by atoms with Gasteiger partial charge in [-0.3, -0.25) is 4.79 Å². The van der Waals surface area contributed by atoms with Crippen LogP contribution in [-0.4, -0.2) is 37.1 Å². The maximum Gasteiger partial charge on any atom is 0.232 e. The molecule has 2 N–H and O–H groups in total. The van der Waals surface area contributed by atoms with Crippen LogP contribution < -0.4 is 5.73 Å². The average molecular weight is 284 g/mol. The second-order valence-corrected chi connectivity index (χ2v) is 5.45. The van der Waals surface area contributed by atoms with Crippen molar-refractivity contribution >= 4 is 5.91 Å². The topological polar surface area (TPSA) is 55.6 Å². The maximum absolute atomic E-state index is 13.2. The lowest BCUT2D eigenvalue weighted by molar-refractivity contribution is -0.140. The molecule has 0 bridgehead atoms. The van der Waals surface area contributed by atoms with Crippen LogP contribution in [0.3, 0.4) is 0 Å². The van der Waals surface area contributed by atoms with Gasteiger partial charge in [0, 0.05) is 19.6 Å². The van der Waals surface area contributed by atoms with Crippen molar-refractivity contribution in [2.24, 2.45) is 11.1 Å². The van der Waals surface area contributed by atoms with Crippen LogP contribution >= 0.6 is 0 Å². The molecule has 0 aliphatic carbocycles. The minimum Gasteiger partial charge on any atom is -0.379 e. The lowest BCUT2D eigenvalue weighted by Crippen LogP contribution is -2.50. The Morgan fingerprint density at radius 3 is 2.75 bits per heavy atom. The number of nitrogens with two attached hydrogens (primary N) is 1. The molecule has 0 saturated carbocycles. The molecule has 20 heavy (non-hydrogen) atoms. The summed E-state index contributed by atoms with van der Waals surface area (Å²) in [6.07, 6.45) is 0. The summed E-state index contributed by atoms with van der Waals surface area (Å²) in [5.74, 6) is -1.98. The molecule has 2 unspecified atom stereocenters. The monoisotopic (exact) mass is 284 g/mol. The number of hydrogen-bond donors (Lipinski definition) is 1.